The summed E-state index contributed by atoms with van der Waals surface area (Å²) in [4.78, 5) is 4.80. The van der Waals surface area contributed by atoms with Crippen molar-refractivity contribution >= 4 is 29.0 Å². The largest absolute Gasteiger partial charge is 0.364 e. The lowest BCUT2D eigenvalue weighted by atomic mass is 9.95. The molecule has 0 aliphatic carbocycles. The third-order valence-corrected chi connectivity index (χ3v) is 5.70. The van der Waals surface area contributed by atoms with Gasteiger partial charge in [-0.25, -0.2) is 8.78 Å². The molecule has 0 aromatic heterocycles. The molecule has 148 valence electrons. The molecule has 3 aromatic rings. The number of rotatable bonds is 5. The first-order chi connectivity index (χ1) is 14.0. The average Bonchev–Trinajstić information content (AvgIpc) is 3.13. The highest BCUT2D eigenvalue weighted by molar-refractivity contribution is 6.42. The Morgan fingerprint density at radius 3 is 2.17 bits per heavy atom. The minimum Gasteiger partial charge on any atom is -0.364 e. The second-order valence-corrected chi connectivity index (χ2v) is 7.82. The van der Waals surface area contributed by atoms with Gasteiger partial charge in [0.15, 0.2) is 0 Å². The fourth-order valence-corrected chi connectivity index (χ4v) is 3.88. The first-order valence-corrected chi connectivity index (χ1v) is 10.0. The highest BCUT2D eigenvalue weighted by atomic mass is 35.5. The van der Waals surface area contributed by atoms with Crippen LogP contribution in [0.25, 0.3) is 0 Å². The van der Waals surface area contributed by atoms with E-state index in [2.05, 4.69) is 5.32 Å². The molecular formula is C23H18Cl2F2N2. The van der Waals surface area contributed by atoms with E-state index in [0.29, 0.717) is 22.9 Å². The third-order valence-electron chi connectivity index (χ3n) is 4.97. The summed E-state index contributed by atoms with van der Waals surface area (Å²) in [5.41, 5.74) is 2.56. The van der Waals surface area contributed by atoms with E-state index in [1.165, 1.54) is 24.3 Å². The Morgan fingerprint density at radius 2 is 1.48 bits per heavy atom. The van der Waals surface area contributed by atoms with Crippen LogP contribution in [0, 0.1) is 11.6 Å². The van der Waals surface area contributed by atoms with Gasteiger partial charge in [0, 0.05) is 6.42 Å². The van der Waals surface area contributed by atoms with Crippen molar-refractivity contribution in [3.63, 3.8) is 0 Å². The Hall–Kier alpha value is -2.43. The second-order valence-electron chi connectivity index (χ2n) is 7.00. The van der Waals surface area contributed by atoms with Crippen molar-refractivity contribution in [2.75, 3.05) is 0 Å². The van der Waals surface area contributed by atoms with E-state index < -0.39 is 0 Å². The molecule has 1 N–H and O–H groups in total. The molecule has 4 rings (SSSR count). The molecule has 0 saturated carbocycles. The zero-order valence-electron chi connectivity index (χ0n) is 15.4. The van der Waals surface area contributed by atoms with E-state index in [0.717, 1.165) is 22.5 Å². The predicted octanol–water partition coefficient (Wildman–Crippen LogP) is 6.69. The molecule has 0 saturated heterocycles. The summed E-state index contributed by atoms with van der Waals surface area (Å²) >= 11 is 12.1. The highest BCUT2D eigenvalue weighted by Crippen LogP contribution is 2.37. The SMILES string of the molecule is Fc1cccc(C2N=C(CCc3ccc(Cl)c(Cl)c3)NC2c2cccc(F)c2)c1. The molecule has 0 fully saturated rings. The molecule has 0 radical (unpaired) electrons. The normalized spacial score (nSPS) is 18.4. The number of nitrogens with one attached hydrogen (secondary N) is 1. The molecule has 2 atom stereocenters. The van der Waals surface area contributed by atoms with Crippen LogP contribution < -0.4 is 5.32 Å². The molecule has 2 unspecified atom stereocenters. The van der Waals surface area contributed by atoms with Crippen LogP contribution in [0.3, 0.4) is 0 Å². The van der Waals surface area contributed by atoms with Gasteiger partial charge in [-0.05, 0) is 59.5 Å². The lowest BCUT2D eigenvalue weighted by Gasteiger charge is -2.20. The second kappa shape index (κ2) is 8.52. The number of aryl methyl sites for hydroxylation is 1. The van der Waals surface area contributed by atoms with Crippen molar-refractivity contribution in [1.29, 1.82) is 0 Å². The van der Waals surface area contributed by atoms with E-state index in [1.807, 2.05) is 24.3 Å². The molecule has 1 heterocycles. The number of halogens is 4. The molecule has 0 bridgehead atoms. The molecule has 29 heavy (non-hydrogen) atoms. The zero-order valence-corrected chi connectivity index (χ0v) is 16.9. The average molecular weight is 431 g/mol. The molecule has 3 aromatic carbocycles. The minimum absolute atomic E-state index is 0.267. The Kier molecular flexibility index (Phi) is 5.84. The standard InChI is InChI=1S/C23H18Cl2F2N2/c24-19-9-7-14(11-20(19)25)8-10-21-28-22(15-3-1-5-17(26)12-15)23(29-21)16-4-2-6-18(27)13-16/h1-7,9,11-13,22-23H,8,10H2,(H,28,29). The summed E-state index contributed by atoms with van der Waals surface area (Å²) in [5.74, 6) is 0.158. The summed E-state index contributed by atoms with van der Waals surface area (Å²) in [6.07, 6.45) is 1.37. The number of hydrogen-bond donors (Lipinski definition) is 1. The van der Waals surface area contributed by atoms with Crippen molar-refractivity contribution in [3.05, 3.63) is 105 Å². The Labute approximate surface area is 178 Å². The monoisotopic (exact) mass is 430 g/mol. The van der Waals surface area contributed by atoms with E-state index in [4.69, 9.17) is 28.2 Å². The topological polar surface area (TPSA) is 24.4 Å². The van der Waals surface area contributed by atoms with E-state index >= 15 is 0 Å². The van der Waals surface area contributed by atoms with Crippen molar-refractivity contribution in [3.8, 4) is 0 Å². The maximum Gasteiger partial charge on any atom is 0.123 e. The van der Waals surface area contributed by atoms with Crippen LogP contribution in [0.2, 0.25) is 10.0 Å². The van der Waals surface area contributed by atoms with Crippen LogP contribution in [-0.4, -0.2) is 5.84 Å². The zero-order chi connectivity index (χ0) is 20.4. The van der Waals surface area contributed by atoms with Gasteiger partial charge in [-0.2, -0.15) is 0 Å². The maximum absolute atomic E-state index is 13.8. The summed E-state index contributed by atoms with van der Waals surface area (Å²) in [7, 11) is 0. The van der Waals surface area contributed by atoms with Crippen LogP contribution >= 0.6 is 23.2 Å². The third kappa shape index (κ3) is 4.60. The van der Waals surface area contributed by atoms with E-state index in [9.17, 15) is 8.78 Å². The minimum atomic E-state index is -0.337. The number of benzene rings is 3. The highest BCUT2D eigenvalue weighted by Gasteiger charge is 2.31. The Balaban J connectivity index is 1.59. The van der Waals surface area contributed by atoms with Crippen molar-refractivity contribution in [1.82, 2.24) is 5.32 Å². The number of amidine groups is 1. The smallest absolute Gasteiger partial charge is 0.123 e. The van der Waals surface area contributed by atoms with Gasteiger partial charge in [0.2, 0.25) is 0 Å². The van der Waals surface area contributed by atoms with E-state index in [-0.39, 0.29) is 23.7 Å². The number of nitrogens with zero attached hydrogens (tertiary/aromatic N) is 1. The van der Waals surface area contributed by atoms with Crippen molar-refractivity contribution in [2.45, 2.75) is 24.9 Å². The van der Waals surface area contributed by atoms with Gasteiger partial charge in [0.1, 0.15) is 17.7 Å². The van der Waals surface area contributed by atoms with Crippen LogP contribution in [-0.2, 0) is 6.42 Å². The van der Waals surface area contributed by atoms with Gasteiger partial charge >= 0.3 is 0 Å². The van der Waals surface area contributed by atoms with Crippen LogP contribution in [0.4, 0.5) is 8.78 Å². The number of hydrogen-bond acceptors (Lipinski definition) is 2. The van der Waals surface area contributed by atoms with Crippen LogP contribution in [0.5, 0.6) is 0 Å². The summed E-state index contributed by atoms with van der Waals surface area (Å²) in [6, 6.07) is 17.7. The molecule has 0 amide bonds. The lowest BCUT2D eigenvalue weighted by molar-refractivity contribution is 0.555. The van der Waals surface area contributed by atoms with Gasteiger partial charge in [-0.1, -0.05) is 53.5 Å². The quantitative estimate of drug-likeness (QED) is 0.478. The summed E-state index contributed by atoms with van der Waals surface area (Å²) < 4.78 is 27.6. The first-order valence-electron chi connectivity index (χ1n) is 9.27. The Morgan fingerprint density at radius 1 is 0.793 bits per heavy atom. The molecule has 1 aliphatic heterocycles. The molecule has 6 heteroatoms. The summed E-state index contributed by atoms with van der Waals surface area (Å²) in [6.45, 7) is 0. The molecule has 2 nitrogen and oxygen atoms in total. The molecule has 1 aliphatic rings. The fourth-order valence-electron chi connectivity index (χ4n) is 3.56. The van der Waals surface area contributed by atoms with Gasteiger partial charge in [-0.15, -0.1) is 0 Å². The molecule has 0 spiro atoms. The van der Waals surface area contributed by atoms with Gasteiger partial charge in [0.05, 0.1) is 21.9 Å². The Bertz CT molecular complexity index is 1070. The lowest BCUT2D eigenvalue weighted by Crippen LogP contribution is -2.24. The predicted molar refractivity (Wildman–Crippen MR) is 114 cm³/mol. The van der Waals surface area contributed by atoms with Gasteiger partial charge in [-0.3, -0.25) is 4.99 Å². The molecular weight excluding hydrogens is 413 g/mol. The van der Waals surface area contributed by atoms with Crippen molar-refractivity contribution in [2.24, 2.45) is 4.99 Å². The van der Waals surface area contributed by atoms with E-state index in [1.54, 1.807) is 18.2 Å². The van der Waals surface area contributed by atoms with Crippen molar-refractivity contribution < 1.29 is 8.78 Å². The summed E-state index contributed by atoms with van der Waals surface area (Å²) in [5, 5.41) is 4.43. The fraction of sp³-hybridized carbons (Fsp3) is 0.174. The van der Waals surface area contributed by atoms with Gasteiger partial charge < -0.3 is 5.32 Å². The first kappa shape index (κ1) is 19.9. The van der Waals surface area contributed by atoms with Crippen LogP contribution in [0.1, 0.15) is 35.2 Å². The van der Waals surface area contributed by atoms with Crippen LogP contribution in [0.15, 0.2) is 71.7 Å². The number of aliphatic imine (C=N–C) groups is 1. The van der Waals surface area contributed by atoms with Gasteiger partial charge in [0.25, 0.3) is 0 Å². The maximum atomic E-state index is 13.8.